The van der Waals surface area contributed by atoms with E-state index in [9.17, 15) is 4.79 Å². The fourth-order valence-electron chi connectivity index (χ4n) is 2.57. The van der Waals surface area contributed by atoms with Crippen LogP contribution in [0.25, 0.3) is 4.96 Å². The Balaban J connectivity index is 1.83. The number of hydrogen-bond donors (Lipinski definition) is 0. The summed E-state index contributed by atoms with van der Waals surface area (Å²) in [6.45, 7) is 4.66. The molecule has 1 aromatic carbocycles. The molecule has 3 rings (SSSR count). The highest BCUT2D eigenvalue weighted by molar-refractivity contribution is 7.15. The van der Waals surface area contributed by atoms with Crippen LogP contribution in [0.15, 0.2) is 40.5 Å². The predicted molar refractivity (Wildman–Crippen MR) is 95.4 cm³/mol. The van der Waals surface area contributed by atoms with E-state index in [1.54, 1.807) is 10.5 Å². The van der Waals surface area contributed by atoms with Gasteiger partial charge in [-0.25, -0.2) is 4.98 Å². The summed E-state index contributed by atoms with van der Waals surface area (Å²) < 4.78 is 1.65. The van der Waals surface area contributed by atoms with Crippen molar-refractivity contribution in [1.82, 2.24) is 14.3 Å². The van der Waals surface area contributed by atoms with Crippen LogP contribution < -0.4 is 5.56 Å². The van der Waals surface area contributed by atoms with Crippen molar-refractivity contribution in [3.05, 3.63) is 68.0 Å². The molecule has 120 valence electrons. The molecule has 0 aliphatic heterocycles. The van der Waals surface area contributed by atoms with Crippen LogP contribution in [0.4, 0.5) is 0 Å². The SMILES string of the molecule is Cc1csc2nc(CN(C)C(C)c3ccc(Cl)cc3)cc(=O)n12. The van der Waals surface area contributed by atoms with Gasteiger partial charge in [0, 0.05) is 34.7 Å². The van der Waals surface area contributed by atoms with Crippen LogP contribution in [0.2, 0.25) is 5.02 Å². The summed E-state index contributed by atoms with van der Waals surface area (Å²) in [6.07, 6.45) is 0. The molecule has 0 spiro atoms. The molecule has 0 N–H and O–H groups in total. The van der Waals surface area contributed by atoms with Crippen LogP contribution in [0.3, 0.4) is 0 Å². The third-order valence-corrected chi connectivity index (χ3v) is 5.25. The fourth-order valence-corrected chi connectivity index (χ4v) is 3.59. The first kappa shape index (κ1) is 16.2. The second kappa shape index (κ2) is 6.43. The van der Waals surface area contributed by atoms with Gasteiger partial charge in [0.05, 0.1) is 5.69 Å². The highest BCUT2D eigenvalue weighted by Crippen LogP contribution is 2.22. The smallest absolute Gasteiger partial charge is 0.259 e. The summed E-state index contributed by atoms with van der Waals surface area (Å²) in [5.41, 5.74) is 2.88. The van der Waals surface area contributed by atoms with E-state index in [-0.39, 0.29) is 11.6 Å². The van der Waals surface area contributed by atoms with E-state index in [0.29, 0.717) is 6.54 Å². The number of rotatable bonds is 4. The van der Waals surface area contributed by atoms with Crippen molar-refractivity contribution in [3.63, 3.8) is 0 Å². The van der Waals surface area contributed by atoms with Gasteiger partial charge in [-0.15, -0.1) is 11.3 Å². The topological polar surface area (TPSA) is 37.6 Å². The summed E-state index contributed by atoms with van der Waals surface area (Å²) in [5.74, 6) is 0. The maximum atomic E-state index is 12.2. The predicted octanol–water partition coefficient (Wildman–Crippen LogP) is 3.91. The Hall–Kier alpha value is -1.69. The lowest BCUT2D eigenvalue weighted by Gasteiger charge is -2.24. The zero-order valence-electron chi connectivity index (χ0n) is 13.3. The Morgan fingerprint density at radius 2 is 2.04 bits per heavy atom. The van der Waals surface area contributed by atoms with Crippen molar-refractivity contribution >= 4 is 27.9 Å². The van der Waals surface area contributed by atoms with Crippen molar-refractivity contribution in [2.24, 2.45) is 0 Å². The Labute approximate surface area is 144 Å². The Kier molecular flexibility index (Phi) is 4.53. The summed E-state index contributed by atoms with van der Waals surface area (Å²) in [4.78, 5) is 19.8. The van der Waals surface area contributed by atoms with Crippen LogP contribution in [0.1, 0.15) is 29.9 Å². The number of aryl methyl sites for hydroxylation is 1. The number of thiazole rings is 1. The first-order valence-electron chi connectivity index (χ1n) is 7.38. The number of nitrogens with zero attached hydrogens (tertiary/aromatic N) is 3. The second-order valence-corrected chi connectivity index (χ2v) is 7.00. The van der Waals surface area contributed by atoms with E-state index in [1.807, 2.05) is 43.6 Å². The van der Waals surface area contributed by atoms with E-state index < -0.39 is 0 Å². The average Bonchev–Trinajstić information content (AvgIpc) is 2.89. The van der Waals surface area contributed by atoms with Crippen molar-refractivity contribution in [2.45, 2.75) is 26.4 Å². The lowest BCUT2D eigenvalue weighted by Crippen LogP contribution is -2.24. The lowest BCUT2D eigenvalue weighted by molar-refractivity contribution is 0.250. The van der Waals surface area contributed by atoms with Crippen molar-refractivity contribution in [3.8, 4) is 0 Å². The van der Waals surface area contributed by atoms with Gasteiger partial charge in [0.15, 0.2) is 4.96 Å². The van der Waals surface area contributed by atoms with Gasteiger partial charge in [-0.05, 0) is 38.6 Å². The van der Waals surface area contributed by atoms with Crippen LogP contribution >= 0.6 is 22.9 Å². The molecule has 2 heterocycles. The summed E-state index contributed by atoms with van der Waals surface area (Å²) >= 11 is 7.44. The van der Waals surface area contributed by atoms with Gasteiger partial charge in [0.1, 0.15) is 0 Å². The highest BCUT2D eigenvalue weighted by atomic mass is 35.5. The Bertz CT molecular complexity index is 885. The van der Waals surface area contributed by atoms with E-state index in [4.69, 9.17) is 11.6 Å². The quantitative estimate of drug-likeness (QED) is 0.718. The number of aromatic nitrogens is 2. The molecule has 0 bridgehead atoms. The minimum Gasteiger partial charge on any atom is -0.294 e. The molecule has 0 saturated carbocycles. The lowest BCUT2D eigenvalue weighted by atomic mass is 10.1. The molecule has 0 fully saturated rings. The molecule has 3 aromatic rings. The third-order valence-electron chi connectivity index (χ3n) is 4.05. The van der Waals surface area contributed by atoms with Crippen LogP contribution in [0.5, 0.6) is 0 Å². The minimum atomic E-state index is -0.0173. The number of fused-ring (bicyclic) bond motifs is 1. The molecule has 23 heavy (non-hydrogen) atoms. The molecule has 6 heteroatoms. The van der Waals surface area contributed by atoms with Crippen molar-refractivity contribution < 1.29 is 0 Å². The molecule has 0 aliphatic carbocycles. The monoisotopic (exact) mass is 347 g/mol. The maximum absolute atomic E-state index is 12.2. The van der Waals surface area contributed by atoms with Crippen LogP contribution in [0, 0.1) is 6.92 Å². The summed E-state index contributed by atoms with van der Waals surface area (Å²) in [5, 5.41) is 2.69. The fraction of sp³-hybridized carbons (Fsp3) is 0.294. The number of hydrogen-bond acceptors (Lipinski definition) is 4. The first-order chi connectivity index (χ1) is 11.0. The van der Waals surface area contributed by atoms with Gasteiger partial charge in [-0.1, -0.05) is 23.7 Å². The first-order valence-corrected chi connectivity index (χ1v) is 8.64. The van der Waals surface area contributed by atoms with Gasteiger partial charge in [0.2, 0.25) is 0 Å². The van der Waals surface area contributed by atoms with E-state index in [1.165, 1.54) is 16.9 Å². The third kappa shape index (κ3) is 3.32. The normalized spacial score (nSPS) is 12.9. The molecule has 4 nitrogen and oxygen atoms in total. The Morgan fingerprint density at radius 1 is 1.35 bits per heavy atom. The maximum Gasteiger partial charge on any atom is 0.259 e. The molecule has 0 saturated heterocycles. The molecular weight excluding hydrogens is 330 g/mol. The molecule has 1 unspecified atom stereocenters. The summed E-state index contributed by atoms with van der Waals surface area (Å²) in [6, 6.07) is 9.67. The zero-order chi connectivity index (χ0) is 16.6. The van der Waals surface area contributed by atoms with Gasteiger partial charge < -0.3 is 0 Å². The minimum absolute atomic E-state index is 0.0173. The molecule has 2 aromatic heterocycles. The van der Waals surface area contributed by atoms with E-state index in [0.717, 1.165) is 21.4 Å². The number of benzene rings is 1. The molecule has 0 aliphatic rings. The van der Waals surface area contributed by atoms with Gasteiger partial charge >= 0.3 is 0 Å². The number of halogens is 1. The zero-order valence-corrected chi connectivity index (χ0v) is 14.9. The van der Waals surface area contributed by atoms with Crippen LogP contribution in [-0.2, 0) is 6.54 Å². The summed E-state index contributed by atoms with van der Waals surface area (Å²) in [7, 11) is 2.03. The van der Waals surface area contributed by atoms with Gasteiger partial charge in [-0.3, -0.25) is 14.1 Å². The van der Waals surface area contributed by atoms with E-state index in [2.05, 4.69) is 16.8 Å². The average molecular weight is 348 g/mol. The van der Waals surface area contributed by atoms with E-state index >= 15 is 0 Å². The Morgan fingerprint density at radius 3 is 2.74 bits per heavy atom. The van der Waals surface area contributed by atoms with Crippen LogP contribution in [-0.4, -0.2) is 21.3 Å². The second-order valence-electron chi connectivity index (χ2n) is 5.72. The van der Waals surface area contributed by atoms with Gasteiger partial charge in [0.25, 0.3) is 5.56 Å². The molecule has 1 atom stereocenters. The molecular formula is C17H18ClN3OS. The van der Waals surface area contributed by atoms with Crippen molar-refractivity contribution in [2.75, 3.05) is 7.05 Å². The standard InChI is InChI=1S/C17H18ClN3OS/c1-11-10-23-17-19-15(8-16(22)21(11)17)9-20(3)12(2)13-4-6-14(18)7-5-13/h4-8,10,12H,9H2,1-3H3. The van der Waals surface area contributed by atoms with Crippen molar-refractivity contribution in [1.29, 1.82) is 0 Å². The largest absolute Gasteiger partial charge is 0.294 e. The molecule has 0 amide bonds. The highest BCUT2D eigenvalue weighted by Gasteiger charge is 2.14. The molecule has 0 radical (unpaired) electrons. The van der Waals surface area contributed by atoms with Gasteiger partial charge in [-0.2, -0.15) is 0 Å².